The molecule has 3 aromatic carbocycles. The first-order valence-corrected chi connectivity index (χ1v) is 11.0. The third-order valence-electron chi connectivity index (χ3n) is 4.76. The van der Waals surface area contributed by atoms with E-state index in [1.807, 2.05) is 0 Å². The van der Waals surface area contributed by atoms with Gasteiger partial charge >= 0.3 is 6.09 Å². The van der Waals surface area contributed by atoms with Gasteiger partial charge in [-0.05, 0) is 49.6 Å². The molecule has 0 aromatic heterocycles. The van der Waals surface area contributed by atoms with Gasteiger partial charge in [0.25, 0.3) is 5.69 Å². The fourth-order valence-electron chi connectivity index (χ4n) is 3.21. The molecule has 1 amide bonds. The Bertz CT molecular complexity index is 1240. The van der Waals surface area contributed by atoms with Gasteiger partial charge in [-0.2, -0.15) is 0 Å². The Labute approximate surface area is 206 Å². The molecule has 34 heavy (non-hydrogen) atoms. The largest absolute Gasteiger partial charge is 0.444 e. The van der Waals surface area contributed by atoms with Gasteiger partial charge in [-0.15, -0.1) is 0 Å². The van der Waals surface area contributed by atoms with Crippen LogP contribution < -0.4 is 5.32 Å². The van der Waals surface area contributed by atoms with E-state index >= 15 is 0 Å². The summed E-state index contributed by atoms with van der Waals surface area (Å²) in [5, 5.41) is 14.2. The molecule has 0 saturated carbocycles. The van der Waals surface area contributed by atoms with E-state index in [2.05, 4.69) is 5.32 Å². The van der Waals surface area contributed by atoms with Crippen LogP contribution >= 0.6 is 23.2 Å². The highest BCUT2D eigenvalue weighted by Gasteiger charge is 2.27. The molecule has 0 radical (unpaired) electrons. The van der Waals surface area contributed by atoms with Gasteiger partial charge in [-0.3, -0.25) is 14.9 Å². The maximum atomic E-state index is 13.4. The number of ether oxygens (including phenoxy) is 1. The highest BCUT2D eigenvalue weighted by molar-refractivity contribution is 6.42. The molecule has 176 valence electrons. The molecule has 7 nitrogen and oxygen atoms in total. The third-order valence-corrected chi connectivity index (χ3v) is 5.50. The van der Waals surface area contributed by atoms with Gasteiger partial charge in [0, 0.05) is 17.7 Å². The van der Waals surface area contributed by atoms with E-state index in [9.17, 15) is 19.7 Å². The van der Waals surface area contributed by atoms with Crippen molar-refractivity contribution in [3.05, 3.63) is 98.0 Å². The van der Waals surface area contributed by atoms with E-state index in [1.54, 1.807) is 69.3 Å². The van der Waals surface area contributed by atoms with Crippen molar-refractivity contribution in [3.63, 3.8) is 0 Å². The maximum Gasteiger partial charge on any atom is 0.408 e. The number of non-ortho nitro benzene ring substituents is 1. The van der Waals surface area contributed by atoms with Crippen LogP contribution in [0.5, 0.6) is 0 Å². The van der Waals surface area contributed by atoms with E-state index in [-0.39, 0.29) is 10.7 Å². The molecule has 0 saturated heterocycles. The Kier molecular flexibility index (Phi) is 7.59. The highest BCUT2D eigenvalue weighted by Crippen LogP contribution is 2.29. The van der Waals surface area contributed by atoms with Crippen LogP contribution in [0.4, 0.5) is 10.5 Å². The molecule has 0 aliphatic carbocycles. The number of Topliss-reactive ketones (excluding diaryl/α,β-unsaturated/α-hetero) is 1. The van der Waals surface area contributed by atoms with Crippen molar-refractivity contribution in [2.24, 2.45) is 0 Å². The summed E-state index contributed by atoms with van der Waals surface area (Å²) < 4.78 is 5.32. The van der Waals surface area contributed by atoms with Crippen LogP contribution in [0.15, 0.2) is 66.7 Å². The average molecular weight is 501 g/mol. The van der Waals surface area contributed by atoms with Gasteiger partial charge in [0.1, 0.15) is 11.6 Å². The summed E-state index contributed by atoms with van der Waals surface area (Å²) in [6.07, 6.45) is -0.759. The summed E-state index contributed by atoms with van der Waals surface area (Å²) >= 11 is 12.2. The second-order valence-electron chi connectivity index (χ2n) is 8.50. The zero-order valence-corrected chi connectivity index (χ0v) is 20.2. The number of alkyl carbamates (subject to hydrolysis) is 1. The second-order valence-corrected chi connectivity index (χ2v) is 9.32. The number of carbonyl (C=O) groups excluding carboxylic acids is 2. The van der Waals surface area contributed by atoms with Gasteiger partial charge < -0.3 is 10.1 Å². The third kappa shape index (κ3) is 6.34. The molecule has 0 fully saturated rings. The number of nitro groups is 1. The predicted molar refractivity (Wildman–Crippen MR) is 131 cm³/mol. The Morgan fingerprint density at radius 2 is 1.62 bits per heavy atom. The molecule has 0 spiro atoms. The summed E-state index contributed by atoms with van der Waals surface area (Å²) in [6, 6.07) is 16.4. The molecule has 1 unspecified atom stereocenters. The summed E-state index contributed by atoms with van der Waals surface area (Å²) in [5.74, 6) is -0.394. The lowest BCUT2D eigenvalue weighted by molar-refractivity contribution is -0.384. The zero-order chi connectivity index (χ0) is 25.0. The van der Waals surface area contributed by atoms with E-state index in [4.69, 9.17) is 27.9 Å². The van der Waals surface area contributed by atoms with Crippen LogP contribution in [-0.2, 0) is 4.74 Å². The first-order valence-electron chi connectivity index (χ1n) is 10.3. The Morgan fingerprint density at radius 1 is 0.941 bits per heavy atom. The summed E-state index contributed by atoms with van der Waals surface area (Å²) in [4.78, 5) is 36.4. The minimum Gasteiger partial charge on any atom is -0.444 e. The molecule has 3 aromatic rings. The average Bonchev–Trinajstić information content (AvgIpc) is 2.78. The minimum absolute atomic E-state index is 0.0288. The number of ketones is 1. The fraction of sp³-hybridized carbons (Fsp3) is 0.200. The van der Waals surface area contributed by atoms with E-state index in [0.29, 0.717) is 27.3 Å². The van der Waals surface area contributed by atoms with Crippen molar-refractivity contribution in [1.82, 2.24) is 5.32 Å². The van der Waals surface area contributed by atoms with Crippen LogP contribution in [0.2, 0.25) is 10.0 Å². The van der Waals surface area contributed by atoms with Crippen LogP contribution in [0.3, 0.4) is 0 Å². The number of nitro benzene ring substituents is 1. The SMILES string of the molecule is CC(C)(C)OC(=O)NC(C(=O)c1ccc(-c2cccc([N+](=O)[O-])c2)cc1)c1ccc(Cl)c(Cl)c1. The lowest BCUT2D eigenvalue weighted by Gasteiger charge is -2.23. The molecular weight excluding hydrogens is 479 g/mol. The normalized spacial score (nSPS) is 12.0. The summed E-state index contributed by atoms with van der Waals surface area (Å²) in [5.41, 5.74) is 1.32. The van der Waals surface area contributed by atoms with Gasteiger partial charge in [0.15, 0.2) is 5.78 Å². The number of carbonyl (C=O) groups is 2. The lowest BCUT2D eigenvalue weighted by Crippen LogP contribution is -2.38. The van der Waals surface area contributed by atoms with Crippen molar-refractivity contribution < 1.29 is 19.2 Å². The number of rotatable bonds is 6. The van der Waals surface area contributed by atoms with Crippen LogP contribution in [0.25, 0.3) is 11.1 Å². The van der Waals surface area contributed by atoms with Crippen LogP contribution in [0.1, 0.15) is 42.7 Å². The van der Waals surface area contributed by atoms with Gasteiger partial charge in [0.05, 0.1) is 15.0 Å². The summed E-state index contributed by atoms with van der Waals surface area (Å²) in [7, 11) is 0. The smallest absolute Gasteiger partial charge is 0.408 e. The monoisotopic (exact) mass is 500 g/mol. The number of nitrogens with one attached hydrogen (secondary N) is 1. The molecule has 9 heteroatoms. The zero-order valence-electron chi connectivity index (χ0n) is 18.7. The number of hydrogen-bond donors (Lipinski definition) is 1. The molecule has 0 bridgehead atoms. The van der Waals surface area contributed by atoms with Crippen molar-refractivity contribution in [2.45, 2.75) is 32.4 Å². The molecule has 1 N–H and O–H groups in total. The quantitative estimate of drug-likeness (QED) is 0.222. The number of hydrogen-bond acceptors (Lipinski definition) is 5. The summed E-state index contributed by atoms with van der Waals surface area (Å²) in [6.45, 7) is 5.15. The topological polar surface area (TPSA) is 98.5 Å². The Balaban J connectivity index is 1.92. The molecular formula is C25H22Cl2N2O5. The van der Waals surface area contributed by atoms with Crippen molar-refractivity contribution in [3.8, 4) is 11.1 Å². The standard InChI is InChI=1S/C25H22Cl2N2O5/c1-25(2,3)34-24(31)28-22(18-11-12-20(26)21(27)14-18)23(30)16-9-7-15(8-10-16)17-5-4-6-19(13-17)29(32)33/h4-14,22H,1-3H3,(H,28,31). The van der Waals surface area contributed by atoms with Gasteiger partial charge in [-0.1, -0.05) is 65.7 Å². The molecule has 0 aliphatic heterocycles. The van der Waals surface area contributed by atoms with Gasteiger partial charge in [-0.25, -0.2) is 4.79 Å². The van der Waals surface area contributed by atoms with Gasteiger partial charge in [0.2, 0.25) is 0 Å². The van der Waals surface area contributed by atoms with Crippen LogP contribution in [-0.4, -0.2) is 22.4 Å². The maximum absolute atomic E-state index is 13.4. The van der Waals surface area contributed by atoms with E-state index in [0.717, 1.165) is 0 Å². The minimum atomic E-state index is -1.08. The molecule has 0 heterocycles. The number of amides is 1. The van der Waals surface area contributed by atoms with Crippen molar-refractivity contribution in [2.75, 3.05) is 0 Å². The van der Waals surface area contributed by atoms with E-state index < -0.39 is 28.4 Å². The van der Waals surface area contributed by atoms with E-state index in [1.165, 1.54) is 18.2 Å². The second kappa shape index (κ2) is 10.2. The number of nitrogens with zero attached hydrogens (tertiary/aromatic N) is 1. The Morgan fingerprint density at radius 3 is 2.21 bits per heavy atom. The fourth-order valence-corrected chi connectivity index (χ4v) is 3.52. The van der Waals surface area contributed by atoms with Crippen molar-refractivity contribution >= 4 is 40.8 Å². The lowest BCUT2D eigenvalue weighted by atomic mass is 9.95. The Hall–Kier alpha value is -3.42. The number of halogens is 2. The predicted octanol–water partition coefficient (Wildman–Crippen LogP) is 7.02. The first-order chi connectivity index (χ1) is 15.9. The van der Waals surface area contributed by atoms with Crippen LogP contribution in [0, 0.1) is 10.1 Å². The highest BCUT2D eigenvalue weighted by atomic mass is 35.5. The molecule has 1 atom stereocenters. The molecule has 3 rings (SSSR count). The first kappa shape index (κ1) is 25.2. The molecule has 0 aliphatic rings. The number of benzene rings is 3. The van der Waals surface area contributed by atoms with Crippen molar-refractivity contribution in [1.29, 1.82) is 0 Å².